The molecule has 6 heteroatoms. The number of amides is 1. The molecule has 1 heterocycles. The number of hydrogen-bond acceptors (Lipinski definition) is 5. The van der Waals surface area contributed by atoms with Crippen LogP contribution < -0.4 is 5.32 Å². The Morgan fingerprint density at radius 1 is 1.42 bits per heavy atom. The molecule has 1 amide bonds. The molecule has 0 aliphatic heterocycles. The molecule has 0 aromatic carbocycles. The molecular formula is C13H21N3O2S. The fourth-order valence-corrected chi connectivity index (χ4v) is 2.91. The van der Waals surface area contributed by atoms with E-state index in [1.54, 1.807) is 0 Å². The first-order valence-corrected chi connectivity index (χ1v) is 8.12. The van der Waals surface area contributed by atoms with Gasteiger partial charge in [0.15, 0.2) is 5.82 Å². The van der Waals surface area contributed by atoms with Crippen LogP contribution in [0.1, 0.15) is 50.7 Å². The highest BCUT2D eigenvalue weighted by atomic mass is 32.2. The lowest BCUT2D eigenvalue weighted by molar-refractivity contribution is -0.119. The molecule has 1 aromatic heterocycles. The highest BCUT2D eigenvalue weighted by Crippen LogP contribution is 2.17. The molecular weight excluding hydrogens is 262 g/mol. The molecule has 106 valence electrons. The Morgan fingerprint density at radius 2 is 2.21 bits per heavy atom. The van der Waals surface area contributed by atoms with Gasteiger partial charge in [-0.15, -0.1) is 11.8 Å². The summed E-state index contributed by atoms with van der Waals surface area (Å²) in [6, 6.07) is 0.388. The van der Waals surface area contributed by atoms with Gasteiger partial charge in [0.25, 0.3) is 0 Å². The summed E-state index contributed by atoms with van der Waals surface area (Å²) in [6.45, 7) is 1.97. The number of hydrogen-bond donors (Lipinski definition) is 1. The van der Waals surface area contributed by atoms with Gasteiger partial charge in [0, 0.05) is 12.5 Å². The summed E-state index contributed by atoms with van der Waals surface area (Å²) < 4.78 is 5.02. The first-order valence-electron chi connectivity index (χ1n) is 6.96. The Hall–Kier alpha value is -1.04. The number of nitrogens with one attached hydrogen (secondary N) is 1. The minimum absolute atomic E-state index is 0.121. The average Bonchev–Trinajstić information content (AvgIpc) is 2.88. The summed E-state index contributed by atoms with van der Waals surface area (Å²) in [5.41, 5.74) is 0. The van der Waals surface area contributed by atoms with E-state index in [9.17, 15) is 4.79 Å². The quantitative estimate of drug-likeness (QED) is 0.867. The minimum atomic E-state index is 0.121. The summed E-state index contributed by atoms with van der Waals surface area (Å²) in [6.07, 6.45) is 6.78. The summed E-state index contributed by atoms with van der Waals surface area (Å²) in [4.78, 5) is 16.0. The van der Waals surface area contributed by atoms with Gasteiger partial charge in [-0.25, -0.2) is 0 Å². The van der Waals surface area contributed by atoms with Crippen molar-refractivity contribution in [1.29, 1.82) is 0 Å². The maximum absolute atomic E-state index is 11.8. The van der Waals surface area contributed by atoms with Crippen LogP contribution >= 0.6 is 11.8 Å². The van der Waals surface area contributed by atoms with E-state index in [0.29, 0.717) is 29.3 Å². The number of rotatable bonds is 6. The molecule has 1 saturated carbocycles. The lowest BCUT2D eigenvalue weighted by Crippen LogP contribution is -2.37. The Bertz CT molecular complexity index is 402. The smallest absolute Gasteiger partial charge is 0.230 e. The van der Waals surface area contributed by atoms with Crippen LogP contribution in [0.2, 0.25) is 0 Å². The first kappa shape index (κ1) is 14.4. The molecule has 1 N–H and O–H groups in total. The predicted molar refractivity (Wildman–Crippen MR) is 74.9 cm³/mol. The van der Waals surface area contributed by atoms with E-state index in [1.807, 2.05) is 6.92 Å². The molecule has 0 atom stereocenters. The van der Waals surface area contributed by atoms with E-state index in [1.165, 1.54) is 31.0 Å². The number of thioether (sulfide) groups is 1. The molecule has 5 nitrogen and oxygen atoms in total. The third-order valence-corrected chi connectivity index (χ3v) is 4.18. The van der Waals surface area contributed by atoms with Gasteiger partial charge < -0.3 is 9.84 Å². The van der Waals surface area contributed by atoms with Crippen LogP contribution in [0.5, 0.6) is 0 Å². The standard InChI is InChI=1S/C13H21N3O2S/c1-2-13-15-11(16-18-13)8-19-9-12(17)14-10-6-4-3-5-7-10/h10H,2-9H2,1H3,(H,14,17). The van der Waals surface area contributed by atoms with Gasteiger partial charge in [-0.1, -0.05) is 31.3 Å². The maximum atomic E-state index is 11.8. The second-order valence-corrected chi connectivity index (χ2v) is 5.84. The number of nitrogens with zero attached hydrogens (tertiary/aromatic N) is 2. The van der Waals surface area contributed by atoms with Crippen LogP contribution in [0.3, 0.4) is 0 Å². The fourth-order valence-electron chi connectivity index (χ4n) is 2.24. The Balaban J connectivity index is 1.63. The normalized spacial score (nSPS) is 16.5. The summed E-state index contributed by atoms with van der Waals surface area (Å²) in [5.74, 6) is 2.54. The van der Waals surface area contributed by atoms with Crippen molar-refractivity contribution in [2.24, 2.45) is 0 Å². The largest absolute Gasteiger partial charge is 0.353 e. The maximum Gasteiger partial charge on any atom is 0.230 e. The summed E-state index contributed by atoms with van der Waals surface area (Å²) in [5, 5.41) is 6.96. The van der Waals surface area contributed by atoms with Gasteiger partial charge >= 0.3 is 0 Å². The number of carbonyl (C=O) groups excluding carboxylic acids is 1. The molecule has 0 radical (unpaired) electrons. The molecule has 0 unspecified atom stereocenters. The van der Waals surface area contributed by atoms with Crippen molar-refractivity contribution in [2.45, 2.75) is 57.2 Å². The SMILES string of the molecule is CCc1nc(CSCC(=O)NC2CCCCC2)no1. The predicted octanol–water partition coefficient (Wildman–Crippen LogP) is 2.31. The monoisotopic (exact) mass is 283 g/mol. The van der Waals surface area contributed by atoms with Gasteiger partial charge in [0.05, 0.1) is 11.5 Å². The Kier molecular flexibility index (Phi) is 5.69. The van der Waals surface area contributed by atoms with E-state index in [0.717, 1.165) is 19.3 Å². The molecule has 0 saturated heterocycles. The van der Waals surface area contributed by atoms with E-state index in [-0.39, 0.29) is 5.91 Å². The highest BCUT2D eigenvalue weighted by molar-refractivity contribution is 7.99. The van der Waals surface area contributed by atoms with Crippen LogP contribution in [0.25, 0.3) is 0 Å². The molecule has 19 heavy (non-hydrogen) atoms. The van der Waals surface area contributed by atoms with Gasteiger partial charge in [-0.2, -0.15) is 4.98 Å². The topological polar surface area (TPSA) is 68.0 Å². The second kappa shape index (κ2) is 7.53. The molecule has 0 bridgehead atoms. The minimum Gasteiger partial charge on any atom is -0.353 e. The zero-order valence-electron chi connectivity index (χ0n) is 11.4. The van der Waals surface area contributed by atoms with Crippen molar-refractivity contribution in [1.82, 2.24) is 15.5 Å². The van der Waals surface area contributed by atoms with Gasteiger partial charge in [-0.05, 0) is 12.8 Å². The molecule has 2 rings (SSSR count). The zero-order valence-corrected chi connectivity index (χ0v) is 12.2. The third kappa shape index (κ3) is 4.86. The molecule has 0 spiro atoms. The molecule has 1 aliphatic carbocycles. The zero-order chi connectivity index (χ0) is 13.5. The van der Waals surface area contributed by atoms with Crippen molar-refractivity contribution < 1.29 is 9.32 Å². The number of aryl methyl sites for hydroxylation is 1. The van der Waals surface area contributed by atoms with Crippen molar-refractivity contribution in [3.63, 3.8) is 0 Å². The Labute approximate surface area is 117 Å². The average molecular weight is 283 g/mol. The van der Waals surface area contributed by atoms with Gasteiger partial charge in [-0.3, -0.25) is 4.79 Å². The van der Waals surface area contributed by atoms with Crippen LogP contribution in [-0.2, 0) is 17.0 Å². The fraction of sp³-hybridized carbons (Fsp3) is 0.769. The molecule has 1 fully saturated rings. The number of aromatic nitrogens is 2. The van der Waals surface area contributed by atoms with Crippen LogP contribution in [0.4, 0.5) is 0 Å². The molecule has 1 aromatic rings. The van der Waals surface area contributed by atoms with Gasteiger partial charge in [0.2, 0.25) is 11.8 Å². The second-order valence-electron chi connectivity index (χ2n) is 4.85. The van der Waals surface area contributed by atoms with E-state index < -0.39 is 0 Å². The summed E-state index contributed by atoms with van der Waals surface area (Å²) in [7, 11) is 0. The number of carbonyl (C=O) groups is 1. The van der Waals surface area contributed by atoms with Crippen molar-refractivity contribution in [3.05, 3.63) is 11.7 Å². The Morgan fingerprint density at radius 3 is 2.89 bits per heavy atom. The van der Waals surface area contributed by atoms with Crippen molar-refractivity contribution >= 4 is 17.7 Å². The van der Waals surface area contributed by atoms with Crippen molar-refractivity contribution in [3.8, 4) is 0 Å². The van der Waals surface area contributed by atoms with Crippen LogP contribution in [-0.4, -0.2) is 27.8 Å². The van der Waals surface area contributed by atoms with Crippen molar-refractivity contribution in [2.75, 3.05) is 5.75 Å². The lowest BCUT2D eigenvalue weighted by atomic mass is 9.95. The van der Waals surface area contributed by atoms with Crippen LogP contribution in [0, 0.1) is 0 Å². The van der Waals surface area contributed by atoms with E-state index >= 15 is 0 Å². The third-order valence-electron chi connectivity index (χ3n) is 3.25. The highest BCUT2D eigenvalue weighted by Gasteiger charge is 2.15. The summed E-state index contributed by atoms with van der Waals surface area (Å²) >= 11 is 1.53. The van der Waals surface area contributed by atoms with Gasteiger partial charge in [0.1, 0.15) is 0 Å². The first-order chi connectivity index (χ1) is 9.28. The van der Waals surface area contributed by atoms with E-state index in [2.05, 4.69) is 15.5 Å². The van der Waals surface area contributed by atoms with Crippen LogP contribution in [0.15, 0.2) is 4.52 Å². The lowest BCUT2D eigenvalue weighted by Gasteiger charge is -2.22. The molecule has 1 aliphatic rings. The van der Waals surface area contributed by atoms with E-state index in [4.69, 9.17) is 4.52 Å².